The van der Waals surface area contributed by atoms with Crippen LogP contribution in [0.25, 0.3) is 10.2 Å². The number of carbonyl (C=O) groups is 2. The van der Waals surface area contributed by atoms with Crippen molar-refractivity contribution in [3.05, 3.63) is 59.4 Å². The Bertz CT molecular complexity index is 1070. The highest BCUT2D eigenvalue weighted by atomic mass is 32.1. The fraction of sp³-hybridized carbons (Fsp3) is 0.348. The highest BCUT2D eigenvalue weighted by Gasteiger charge is 2.27. The first-order chi connectivity index (χ1) is 15.0. The first-order valence-electron chi connectivity index (χ1n) is 10.4. The van der Waals surface area contributed by atoms with Crippen molar-refractivity contribution in [3.8, 4) is 0 Å². The third-order valence-electron chi connectivity index (χ3n) is 5.49. The van der Waals surface area contributed by atoms with Crippen molar-refractivity contribution in [2.75, 3.05) is 31.1 Å². The van der Waals surface area contributed by atoms with Crippen molar-refractivity contribution in [2.24, 2.45) is 5.92 Å². The van der Waals surface area contributed by atoms with Crippen LogP contribution in [-0.4, -0.2) is 43.0 Å². The Hall–Kier alpha value is -3.00. The quantitative estimate of drug-likeness (QED) is 0.576. The molecule has 2 heterocycles. The van der Waals surface area contributed by atoms with Crippen molar-refractivity contribution in [3.63, 3.8) is 0 Å². The maximum Gasteiger partial charge on any atom is 0.251 e. The summed E-state index contributed by atoms with van der Waals surface area (Å²) in [5.41, 5.74) is 1.75. The summed E-state index contributed by atoms with van der Waals surface area (Å²) in [6, 6.07) is 12.4. The van der Waals surface area contributed by atoms with E-state index in [0.29, 0.717) is 18.7 Å². The summed E-state index contributed by atoms with van der Waals surface area (Å²) in [6.45, 7) is 3.80. The molecule has 1 saturated heterocycles. The van der Waals surface area contributed by atoms with Gasteiger partial charge in [0.15, 0.2) is 5.13 Å². The second-order valence-electron chi connectivity index (χ2n) is 7.76. The van der Waals surface area contributed by atoms with Gasteiger partial charge in [-0.15, -0.1) is 0 Å². The number of thiazole rings is 1. The number of hydrogen-bond acceptors (Lipinski definition) is 5. The summed E-state index contributed by atoms with van der Waals surface area (Å²) < 4.78 is 14.8. The van der Waals surface area contributed by atoms with Gasteiger partial charge in [0.2, 0.25) is 5.91 Å². The van der Waals surface area contributed by atoms with E-state index >= 15 is 0 Å². The zero-order chi connectivity index (χ0) is 21.8. The van der Waals surface area contributed by atoms with Gasteiger partial charge in [0.05, 0.1) is 16.1 Å². The van der Waals surface area contributed by atoms with Crippen LogP contribution >= 0.6 is 11.3 Å². The van der Waals surface area contributed by atoms with Gasteiger partial charge in [-0.05, 0) is 49.6 Å². The van der Waals surface area contributed by atoms with Gasteiger partial charge in [-0.1, -0.05) is 29.5 Å². The average molecular weight is 441 g/mol. The van der Waals surface area contributed by atoms with Gasteiger partial charge in [-0.25, -0.2) is 9.37 Å². The molecule has 0 spiro atoms. The Labute approximate surface area is 184 Å². The number of anilines is 1. The molecule has 162 valence electrons. The van der Waals surface area contributed by atoms with Gasteiger partial charge in [-0.3, -0.25) is 9.59 Å². The number of nitrogens with zero attached hydrogens (tertiary/aromatic N) is 2. The van der Waals surface area contributed by atoms with Gasteiger partial charge in [-0.2, -0.15) is 0 Å². The number of piperidine rings is 1. The summed E-state index contributed by atoms with van der Waals surface area (Å²) in [6.07, 6.45) is 1.77. The number of aryl methyl sites for hydroxylation is 1. The zero-order valence-corrected chi connectivity index (χ0v) is 18.2. The van der Waals surface area contributed by atoms with Crippen molar-refractivity contribution >= 4 is 38.5 Å². The Balaban J connectivity index is 1.25. The Morgan fingerprint density at radius 2 is 2.00 bits per heavy atom. The molecule has 4 rings (SSSR count). The minimum Gasteiger partial charge on any atom is -0.354 e. The molecule has 31 heavy (non-hydrogen) atoms. The monoisotopic (exact) mass is 440 g/mol. The first kappa shape index (κ1) is 21.2. The van der Waals surface area contributed by atoms with Crippen LogP contribution in [0.3, 0.4) is 0 Å². The van der Waals surface area contributed by atoms with E-state index in [0.717, 1.165) is 34.7 Å². The molecule has 1 aliphatic rings. The Kier molecular flexibility index (Phi) is 6.46. The topological polar surface area (TPSA) is 74.3 Å². The largest absolute Gasteiger partial charge is 0.354 e. The molecular weight excluding hydrogens is 415 g/mol. The zero-order valence-electron chi connectivity index (χ0n) is 17.4. The molecule has 1 aromatic heterocycles. The number of para-hydroxylation sites is 1. The first-order valence-corrected chi connectivity index (χ1v) is 11.3. The van der Waals surface area contributed by atoms with E-state index in [1.165, 1.54) is 6.07 Å². The Morgan fingerprint density at radius 3 is 2.81 bits per heavy atom. The highest BCUT2D eigenvalue weighted by molar-refractivity contribution is 7.22. The second kappa shape index (κ2) is 9.43. The van der Waals surface area contributed by atoms with E-state index in [1.54, 1.807) is 30.4 Å². The summed E-state index contributed by atoms with van der Waals surface area (Å²) in [5.74, 6) is -0.882. The molecule has 0 aliphatic carbocycles. The fourth-order valence-corrected chi connectivity index (χ4v) is 4.70. The van der Waals surface area contributed by atoms with Crippen LogP contribution in [-0.2, 0) is 4.79 Å². The highest BCUT2D eigenvalue weighted by Crippen LogP contribution is 2.31. The summed E-state index contributed by atoms with van der Waals surface area (Å²) in [7, 11) is 0. The number of hydrogen-bond donors (Lipinski definition) is 2. The third kappa shape index (κ3) is 5.02. The third-order valence-corrected chi connectivity index (χ3v) is 6.59. The molecule has 3 aromatic rings. The SMILES string of the molecule is Cc1ccc(C(=O)NCCNC(=O)[C@@H]2CCCN(c3nc4ccccc4s3)C2)cc1F. The minimum absolute atomic E-state index is 0.0126. The van der Waals surface area contributed by atoms with Crippen LogP contribution in [0.2, 0.25) is 0 Å². The van der Waals surface area contributed by atoms with E-state index in [1.807, 2.05) is 18.2 Å². The number of halogens is 1. The van der Waals surface area contributed by atoms with Crippen LogP contribution in [0.5, 0.6) is 0 Å². The molecule has 2 aromatic carbocycles. The summed E-state index contributed by atoms with van der Waals surface area (Å²) >= 11 is 1.65. The number of rotatable bonds is 6. The number of carbonyl (C=O) groups excluding carboxylic acids is 2. The van der Waals surface area contributed by atoms with Gasteiger partial charge in [0.25, 0.3) is 5.91 Å². The van der Waals surface area contributed by atoms with Crippen LogP contribution in [0, 0.1) is 18.7 Å². The van der Waals surface area contributed by atoms with Gasteiger partial charge in [0, 0.05) is 31.7 Å². The van der Waals surface area contributed by atoms with Gasteiger partial charge >= 0.3 is 0 Å². The lowest BCUT2D eigenvalue weighted by molar-refractivity contribution is -0.125. The van der Waals surface area contributed by atoms with E-state index in [9.17, 15) is 14.0 Å². The van der Waals surface area contributed by atoms with Crippen molar-refractivity contribution < 1.29 is 14.0 Å². The number of amides is 2. The van der Waals surface area contributed by atoms with E-state index in [4.69, 9.17) is 4.98 Å². The molecule has 1 aliphatic heterocycles. The molecule has 2 amide bonds. The predicted molar refractivity (Wildman–Crippen MR) is 121 cm³/mol. The lowest BCUT2D eigenvalue weighted by Crippen LogP contribution is -2.44. The number of benzene rings is 2. The maximum atomic E-state index is 13.6. The molecule has 2 N–H and O–H groups in total. The molecule has 0 radical (unpaired) electrons. The van der Waals surface area contributed by atoms with E-state index in [2.05, 4.69) is 21.6 Å². The number of nitrogens with one attached hydrogen (secondary N) is 2. The van der Waals surface area contributed by atoms with Gasteiger partial charge in [0.1, 0.15) is 5.82 Å². The van der Waals surface area contributed by atoms with Crippen LogP contribution in [0.15, 0.2) is 42.5 Å². The van der Waals surface area contributed by atoms with Crippen LogP contribution < -0.4 is 15.5 Å². The van der Waals surface area contributed by atoms with Crippen LogP contribution in [0.4, 0.5) is 9.52 Å². The smallest absolute Gasteiger partial charge is 0.251 e. The second-order valence-corrected chi connectivity index (χ2v) is 8.77. The molecule has 8 heteroatoms. The lowest BCUT2D eigenvalue weighted by atomic mass is 9.97. The minimum atomic E-state index is -0.407. The normalized spacial score (nSPS) is 16.3. The fourth-order valence-electron chi connectivity index (χ4n) is 3.70. The molecule has 1 fully saturated rings. The maximum absolute atomic E-state index is 13.6. The predicted octanol–water partition coefficient (Wildman–Crippen LogP) is 3.51. The molecule has 0 unspecified atom stereocenters. The molecule has 6 nitrogen and oxygen atoms in total. The van der Waals surface area contributed by atoms with Crippen molar-refractivity contribution in [2.45, 2.75) is 19.8 Å². The average Bonchev–Trinajstić information content (AvgIpc) is 3.23. The Morgan fingerprint density at radius 1 is 1.19 bits per heavy atom. The molecule has 0 saturated carbocycles. The number of aromatic nitrogens is 1. The van der Waals surface area contributed by atoms with Crippen molar-refractivity contribution in [1.29, 1.82) is 0 Å². The summed E-state index contributed by atoms with van der Waals surface area (Å²) in [5, 5.41) is 6.58. The van der Waals surface area contributed by atoms with E-state index < -0.39 is 5.82 Å². The van der Waals surface area contributed by atoms with E-state index in [-0.39, 0.29) is 29.8 Å². The number of fused-ring (bicyclic) bond motifs is 1. The van der Waals surface area contributed by atoms with Crippen LogP contribution in [0.1, 0.15) is 28.8 Å². The lowest BCUT2D eigenvalue weighted by Gasteiger charge is -2.31. The molecule has 1 atom stereocenters. The molecule has 0 bridgehead atoms. The van der Waals surface area contributed by atoms with Gasteiger partial charge < -0.3 is 15.5 Å². The summed E-state index contributed by atoms with van der Waals surface area (Å²) in [4.78, 5) is 31.6. The van der Waals surface area contributed by atoms with Crippen molar-refractivity contribution in [1.82, 2.24) is 15.6 Å². The molecular formula is C23H25FN4O2S. The standard InChI is InChI=1S/C23H25FN4O2S/c1-15-8-9-16(13-18(15)24)21(29)25-10-11-26-22(30)17-5-4-12-28(14-17)23-27-19-6-2-3-7-20(19)31-23/h2-3,6-9,13,17H,4-5,10-12,14H2,1H3,(H,25,29)(H,26,30)/t17-/m1/s1.